The number of para-hydroxylation sites is 2. The summed E-state index contributed by atoms with van der Waals surface area (Å²) >= 11 is 0. The number of carbonyl (C=O) groups is 1. The number of rotatable bonds is 6. The van der Waals surface area contributed by atoms with Crippen molar-refractivity contribution in [3.63, 3.8) is 0 Å². The second-order valence-electron chi connectivity index (χ2n) is 3.37. The first-order valence-electron chi connectivity index (χ1n) is 5.22. The fraction of sp³-hybridized carbons (Fsp3) is 0.364. The Bertz CT molecular complexity index is 423. The van der Waals surface area contributed by atoms with Gasteiger partial charge in [-0.2, -0.15) is 13.2 Å². The number of hydrogen-bond acceptors (Lipinski definition) is 4. The third kappa shape index (κ3) is 6.39. The Hall–Kier alpha value is -2.12. The monoisotopic (exact) mass is 279 g/mol. The van der Waals surface area contributed by atoms with Gasteiger partial charge in [-0.25, -0.2) is 4.79 Å². The fourth-order valence-electron chi connectivity index (χ4n) is 1.14. The Morgan fingerprint density at radius 2 is 1.68 bits per heavy atom. The van der Waals surface area contributed by atoms with Gasteiger partial charge >= 0.3 is 12.3 Å². The largest absolute Gasteiger partial charge is 0.486 e. The van der Waals surface area contributed by atoms with Gasteiger partial charge in [-0.15, -0.1) is 0 Å². The summed E-state index contributed by atoms with van der Waals surface area (Å²) in [6, 6.07) is 5.87. The minimum absolute atomic E-state index is 0.0427. The molecule has 1 aromatic rings. The highest BCUT2D eigenvalue weighted by Gasteiger charge is 2.28. The van der Waals surface area contributed by atoms with Crippen molar-refractivity contribution < 1.29 is 32.2 Å². The van der Waals surface area contributed by atoms with E-state index in [9.17, 15) is 18.0 Å². The van der Waals surface area contributed by atoms with E-state index >= 15 is 0 Å². The van der Waals surface area contributed by atoms with Gasteiger partial charge in [0.25, 0.3) is 0 Å². The molecule has 0 aliphatic rings. The van der Waals surface area contributed by atoms with Crippen molar-refractivity contribution in [3.8, 4) is 11.5 Å². The Labute approximate surface area is 107 Å². The highest BCUT2D eigenvalue weighted by atomic mass is 19.4. The van der Waals surface area contributed by atoms with Crippen molar-refractivity contribution in [1.29, 1.82) is 0 Å². The van der Waals surface area contributed by atoms with E-state index in [4.69, 9.17) is 10.5 Å². The smallest absolute Gasteiger partial charge is 0.422 e. The van der Waals surface area contributed by atoms with Gasteiger partial charge in [-0.1, -0.05) is 12.1 Å². The first-order chi connectivity index (χ1) is 8.88. The maximum atomic E-state index is 12.0. The normalized spacial score (nSPS) is 10.9. The molecule has 1 amide bonds. The number of ether oxygens (including phenoxy) is 3. The summed E-state index contributed by atoms with van der Waals surface area (Å²) in [6.07, 6.45) is -5.38. The van der Waals surface area contributed by atoms with Crippen LogP contribution in [-0.4, -0.2) is 32.1 Å². The number of hydrogen-bond donors (Lipinski definition) is 1. The molecule has 0 atom stereocenters. The van der Waals surface area contributed by atoms with Crippen LogP contribution < -0.4 is 15.2 Å². The summed E-state index contributed by atoms with van der Waals surface area (Å²) in [5, 5.41) is 0. The zero-order valence-electron chi connectivity index (χ0n) is 9.77. The molecule has 0 saturated carbocycles. The molecule has 0 aliphatic heterocycles. The highest BCUT2D eigenvalue weighted by molar-refractivity contribution is 5.64. The number of halogens is 3. The summed E-state index contributed by atoms with van der Waals surface area (Å²) in [6.45, 7) is -1.57. The molecular formula is C11H12F3NO4. The first kappa shape index (κ1) is 14.9. The topological polar surface area (TPSA) is 70.8 Å². The highest BCUT2D eigenvalue weighted by Crippen LogP contribution is 2.28. The van der Waals surface area contributed by atoms with Crippen LogP contribution in [0.25, 0.3) is 0 Å². The first-order valence-corrected chi connectivity index (χ1v) is 5.22. The van der Waals surface area contributed by atoms with E-state index in [0.29, 0.717) is 0 Å². The molecule has 0 fully saturated rings. The van der Waals surface area contributed by atoms with Gasteiger partial charge in [-0.3, -0.25) is 0 Å². The van der Waals surface area contributed by atoms with E-state index in [1.807, 2.05) is 0 Å². The third-order valence-electron chi connectivity index (χ3n) is 1.83. The van der Waals surface area contributed by atoms with Crippen LogP contribution in [0.2, 0.25) is 0 Å². The van der Waals surface area contributed by atoms with Crippen molar-refractivity contribution in [1.82, 2.24) is 0 Å². The van der Waals surface area contributed by atoms with E-state index < -0.39 is 18.9 Å². The molecule has 2 N–H and O–H groups in total. The number of amides is 1. The average Bonchev–Trinajstić information content (AvgIpc) is 2.32. The number of carbonyl (C=O) groups excluding carboxylic acids is 1. The zero-order valence-corrected chi connectivity index (χ0v) is 9.77. The van der Waals surface area contributed by atoms with Crippen LogP contribution in [0.3, 0.4) is 0 Å². The van der Waals surface area contributed by atoms with Crippen LogP contribution in [-0.2, 0) is 4.74 Å². The van der Waals surface area contributed by atoms with Gasteiger partial charge in [0.2, 0.25) is 0 Å². The second-order valence-corrected chi connectivity index (χ2v) is 3.37. The molecule has 0 saturated heterocycles. The van der Waals surface area contributed by atoms with E-state index in [-0.39, 0.29) is 24.7 Å². The quantitative estimate of drug-likeness (QED) is 0.809. The van der Waals surface area contributed by atoms with Gasteiger partial charge in [0.05, 0.1) is 0 Å². The number of benzene rings is 1. The predicted molar refractivity (Wildman–Crippen MR) is 59.0 cm³/mol. The summed E-state index contributed by atoms with van der Waals surface area (Å²) in [5.74, 6) is 0.0821. The van der Waals surface area contributed by atoms with Gasteiger partial charge < -0.3 is 19.9 Å². The third-order valence-corrected chi connectivity index (χ3v) is 1.83. The van der Waals surface area contributed by atoms with Crippen molar-refractivity contribution in [3.05, 3.63) is 24.3 Å². The van der Waals surface area contributed by atoms with Crippen LogP contribution in [0, 0.1) is 0 Å². The van der Waals surface area contributed by atoms with Crippen LogP contribution >= 0.6 is 0 Å². The van der Waals surface area contributed by atoms with Gasteiger partial charge in [-0.05, 0) is 12.1 Å². The summed E-state index contributed by atoms with van der Waals surface area (Å²) < 4.78 is 50.2. The van der Waals surface area contributed by atoms with Crippen molar-refractivity contribution >= 4 is 6.09 Å². The average molecular weight is 279 g/mol. The lowest BCUT2D eigenvalue weighted by atomic mass is 10.3. The Kier molecular flexibility index (Phi) is 5.28. The van der Waals surface area contributed by atoms with E-state index in [2.05, 4.69) is 9.47 Å². The molecule has 0 aromatic heterocycles. The van der Waals surface area contributed by atoms with E-state index in [0.717, 1.165) is 0 Å². The molecule has 5 nitrogen and oxygen atoms in total. The number of nitrogens with two attached hydrogens (primary N) is 1. The predicted octanol–water partition coefficient (Wildman–Crippen LogP) is 2.10. The van der Waals surface area contributed by atoms with Crippen LogP contribution in [0.4, 0.5) is 18.0 Å². The molecular weight excluding hydrogens is 267 g/mol. The maximum Gasteiger partial charge on any atom is 0.422 e. The van der Waals surface area contributed by atoms with Crippen LogP contribution in [0.1, 0.15) is 0 Å². The zero-order chi connectivity index (χ0) is 14.3. The lowest BCUT2D eigenvalue weighted by Crippen LogP contribution is -2.20. The lowest BCUT2D eigenvalue weighted by molar-refractivity contribution is -0.153. The Morgan fingerprint density at radius 3 is 2.21 bits per heavy atom. The molecule has 1 aromatic carbocycles. The molecule has 0 unspecified atom stereocenters. The summed E-state index contributed by atoms with van der Waals surface area (Å²) in [5.41, 5.74) is 4.73. The van der Waals surface area contributed by atoms with Crippen LogP contribution in [0.5, 0.6) is 11.5 Å². The van der Waals surface area contributed by atoms with Crippen LogP contribution in [0.15, 0.2) is 24.3 Å². The number of alkyl halides is 3. The van der Waals surface area contributed by atoms with Crippen molar-refractivity contribution in [2.45, 2.75) is 6.18 Å². The van der Waals surface area contributed by atoms with Crippen molar-refractivity contribution in [2.24, 2.45) is 5.73 Å². The Balaban J connectivity index is 2.50. The second kappa shape index (κ2) is 6.72. The molecule has 0 aliphatic carbocycles. The molecule has 0 spiro atoms. The van der Waals surface area contributed by atoms with Gasteiger partial charge in [0, 0.05) is 0 Å². The Morgan fingerprint density at radius 1 is 1.11 bits per heavy atom. The number of primary amides is 1. The summed E-state index contributed by atoms with van der Waals surface area (Å²) in [4.78, 5) is 10.3. The molecule has 8 heteroatoms. The molecule has 0 radical (unpaired) electrons. The van der Waals surface area contributed by atoms with Crippen molar-refractivity contribution in [2.75, 3.05) is 19.8 Å². The molecule has 1 rings (SSSR count). The maximum absolute atomic E-state index is 12.0. The van der Waals surface area contributed by atoms with E-state index in [1.165, 1.54) is 18.2 Å². The van der Waals surface area contributed by atoms with E-state index in [1.54, 1.807) is 6.07 Å². The molecule has 0 heterocycles. The molecule has 0 bridgehead atoms. The SMILES string of the molecule is NC(=O)OCCOc1ccccc1OCC(F)(F)F. The fourth-order valence-corrected chi connectivity index (χ4v) is 1.14. The summed E-state index contributed by atoms with van der Waals surface area (Å²) in [7, 11) is 0. The standard InChI is InChI=1S/C11H12F3NO4/c12-11(13,14)7-19-9-4-2-1-3-8(9)17-5-6-18-10(15)16/h1-4H,5-7H2,(H2,15,16). The van der Waals surface area contributed by atoms with Gasteiger partial charge in [0.1, 0.15) is 13.2 Å². The van der Waals surface area contributed by atoms with Gasteiger partial charge in [0.15, 0.2) is 18.1 Å². The molecule has 19 heavy (non-hydrogen) atoms. The minimum atomic E-state index is -4.43. The molecule has 106 valence electrons. The lowest BCUT2D eigenvalue weighted by Gasteiger charge is -2.13. The minimum Gasteiger partial charge on any atom is -0.486 e.